The van der Waals surface area contributed by atoms with Crippen LogP contribution in [-0.2, 0) is 0 Å². The number of hydrogen-bond acceptors (Lipinski definition) is 5. The van der Waals surface area contributed by atoms with Crippen LogP contribution in [0.1, 0.15) is 0 Å². The Morgan fingerprint density at radius 3 is 2.61 bits per heavy atom. The lowest BCUT2D eigenvalue weighted by Gasteiger charge is -2.15. The minimum Gasteiger partial charge on any atom is -0.383 e. The van der Waals surface area contributed by atoms with Crippen molar-refractivity contribution in [1.82, 2.24) is 9.88 Å². The third kappa shape index (κ3) is 3.07. The number of nitro groups is 1. The Hall–Kier alpha value is -2.73. The summed E-state index contributed by atoms with van der Waals surface area (Å²) in [6.45, 7) is 1.62. The molecule has 1 aromatic heterocycles. The number of aromatic nitrogens is 1. The number of hydrogen-bond donors (Lipinski definition) is 1. The van der Waals surface area contributed by atoms with E-state index in [1.54, 1.807) is 12.1 Å². The first kappa shape index (κ1) is 15.2. The van der Waals surface area contributed by atoms with Gasteiger partial charge in [0.25, 0.3) is 5.69 Å². The van der Waals surface area contributed by atoms with Crippen LogP contribution in [0.5, 0.6) is 0 Å². The van der Waals surface area contributed by atoms with E-state index < -0.39 is 0 Å². The monoisotopic (exact) mass is 310 g/mol. The van der Waals surface area contributed by atoms with Crippen LogP contribution in [0.25, 0.3) is 21.8 Å². The molecule has 0 radical (unpaired) electrons. The second kappa shape index (κ2) is 6.18. The molecule has 6 heteroatoms. The lowest BCUT2D eigenvalue weighted by molar-refractivity contribution is -0.384. The van der Waals surface area contributed by atoms with E-state index in [1.807, 2.05) is 38.4 Å². The van der Waals surface area contributed by atoms with Gasteiger partial charge in [-0.25, -0.2) is 4.98 Å². The molecule has 0 bridgehead atoms. The van der Waals surface area contributed by atoms with Gasteiger partial charge in [-0.05, 0) is 26.2 Å². The maximum Gasteiger partial charge on any atom is 0.270 e. The number of non-ortho nitro benzene ring substituents is 1. The summed E-state index contributed by atoms with van der Waals surface area (Å²) >= 11 is 0. The number of fused-ring (bicyclic) bond motifs is 2. The maximum absolute atomic E-state index is 11.1. The topological polar surface area (TPSA) is 71.3 Å². The van der Waals surface area contributed by atoms with Crippen LogP contribution in [0.2, 0.25) is 0 Å². The van der Waals surface area contributed by atoms with Crippen molar-refractivity contribution in [3.63, 3.8) is 0 Å². The van der Waals surface area contributed by atoms with Crippen molar-refractivity contribution in [2.45, 2.75) is 0 Å². The van der Waals surface area contributed by atoms with Crippen molar-refractivity contribution in [3.05, 3.63) is 52.6 Å². The molecule has 1 N–H and O–H groups in total. The number of nitrogens with one attached hydrogen (secondary N) is 1. The van der Waals surface area contributed by atoms with Crippen LogP contribution >= 0.6 is 0 Å². The average Bonchev–Trinajstić information content (AvgIpc) is 2.53. The summed E-state index contributed by atoms with van der Waals surface area (Å²) in [5.74, 6) is 0. The zero-order chi connectivity index (χ0) is 16.4. The van der Waals surface area contributed by atoms with Crippen molar-refractivity contribution >= 4 is 33.2 Å². The third-order valence-corrected chi connectivity index (χ3v) is 3.74. The first-order chi connectivity index (χ1) is 11.1. The van der Waals surface area contributed by atoms with E-state index in [4.69, 9.17) is 0 Å². The molecular weight excluding hydrogens is 292 g/mol. The van der Waals surface area contributed by atoms with Gasteiger partial charge in [0.05, 0.1) is 21.6 Å². The van der Waals surface area contributed by atoms with Crippen molar-refractivity contribution in [2.24, 2.45) is 0 Å². The lowest BCUT2D eigenvalue weighted by Crippen LogP contribution is -2.21. The van der Waals surface area contributed by atoms with Crippen LogP contribution in [0.3, 0.4) is 0 Å². The molecule has 0 saturated carbocycles. The van der Waals surface area contributed by atoms with Gasteiger partial charge in [0.2, 0.25) is 0 Å². The van der Waals surface area contributed by atoms with Crippen molar-refractivity contribution in [2.75, 3.05) is 32.5 Å². The Labute approximate surface area is 133 Å². The lowest BCUT2D eigenvalue weighted by atomic mass is 10.1. The smallest absolute Gasteiger partial charge is 0.270 e. The van der Waals surface area contributed by atoms with E-state index in [9.17, 15) is 10.1 Å². The molecule has 6 nitrogen and oxygen atoms in total. The van der Waals surface area contributed by atoms with Gasteiger partial charge in [-0.3, -0.25) is 10.1 Å². The van der Waals surface area contributed by atoms with Crippen LogP contribution in [0.4, 0.5) is 11.4 Å². The molecule has 0 aliphatic heterocycles. The molecule has 1 heterocycles. The highest BCUT2D eigenvalue weighted by atomic mass is 16.6. The van der Waals surface area contributed by atoms with E-state index in [1.165, 1.54) is 6.07 Å². The van der Waals surface area contributed by atoms with Gasteiger partial charge in [0.1, 0.15) is 0 Å². The fourth-order valence-corrected chi connectivity index (χ4v) is 2.59. The number of benzene rings is 2. The summed E-state index contributed by atoms with van der Waals surface area (Å²) in [7, 11) is 4.02. The number of rotatable bonds is 5. The molecule has 0 fully saturated rings. The molecule has 0 unspecified atom stereocenters. The van der Waals surface area contributed by atoms with Gasteiger partial charge in [0.15, 0.2) is 0 Å². The number of pyridine rings is 1. The molecule has 23 heavy (non-hydrogen) atoms. The van der Waals surface area contributed by atoms with Crippen LogP contribution in [0, 0.1) is 10.1 Å². The van der Waals surface area contributed by atoms with Gasteiger partial charge < -0.3 is 10.2 Å². The molecule has 0 aliphatic rings. The van der Waals surface area contributed by atoms with Crippen molar-refractivity contribution in [1.29, 1.82) is 0 Å². The van der Waals surface area contributed by atoms with Gasteiger partial charge in [-0.15, -0.1) is 0 Å². The summed E-state index contributed by atoms with van der Waals surface area (Å²) in [6.07, 6.45) is 0. The number of para-hydroxylation sites is 1. The van der Waals surface area contributed by atoms with E-state index in [0.29, 0.717) is 0 Å². The van der Waals surface area contributed by atoms with Crippen molar-refractivity contribution in [3.8, 4) is 0 Å². The molecular formula is C17H18N4O2. The van der Waals surface area contributed by atoms with E-state index in [2.05, 4.69) is 15.2 Å². The quantitative estimate of drug-likeness (QED) is 0.445. The first-order valence-corrected chi connectivity index (χ1v) is 7.42. The Bertz CT molecular complexity index is 877. The van der Waals surface area contributed by atoms with E-state index in [-0.39, 0.29) is 10.6 Å². The summed E-state index contributed by atoms with van der Waals surface area (Å²) in [4.78, 5) is 17.4. The Balaban J connectivity index is 2.19. The minimum absolute atomic E-state index is 0.0743. The molecule has 0 saturated heterocycles. The third-order valence-electron chi connectivity index (χ3n) is 3.74. The van der Waals surface area contributed by atoms with Gasteiger partial charge in [-0.2, -0.15) is 0 Å². The number of nitrogens with zero attached hydrogens (tertiary/aromatic N) is 3. The molecule has 0 atom stereocenters. The normalized spacial score (nSPS) is 11.3. The molecule has 0 spiro atoms. The fraction of sp³-hybridized carbons (Fsp3) is 0.235. The van der Waals surface area contributed by atoms with Crippen LogP contribution in [0.15, 0.2) is 42.5 Å². The predicted molar refractivity (Wildman–Crippen MR) is 92.9 cm³/mol. The summed E-state index contributed by atoms with van der Waals surface area (Å²) in [6, 6.07) is 12.6. The molecule has 0 amide bonds. The van der Waals surface area contributed by atoms with Gasteiger partial charge in [0, 0.05) is 36.0 Å². The van der Waals surface area contributed by atoms with Gasteiger partial charge in [-0.1, -0.05) is 18.2 Å². The summed E-state index contributed by atoms with van der Waals surface area (Å²) in [5.41, 5.74) is 2.60. The molecule has 118 valence electrons. The highest BCUT2D eigenvalue weighted by Gasteiger charge is 2.13. The van der Waals surface area contributed by atoms with E-state index in [0.717, 1.165) is 40.6 Å². The summed E-state index contributed by atoms with van der Waals surface area (Å²) in [5, 5.41) is 16.3. The zero-order valence-corrected chi connectivity index (χ0v) is 13.1. The Morgan fingerprint density at radius 1 is 1.13 bits per heavy atom. The maximum atomic E-state index is 11.1. The largest absolute Gasteiger partial charge is 0.383 e. The van der Waals surface area contributed by atoms with Crippen molar-refractivity contribution < 1.29 is 4.92 Å². The minimum atomic E-state index is -0.377. The zero-order valence-electron chi connectivity index (χ0n) is 13.1. The standard InChI is InChI=1S/C17H18N4O2/c1-20(2)10-9-18-17-13-5-3-4-6-15(13)19-16-8-7-12(21(22)23)11-14(16)17/h3-8,11H,9-10H2,1-2H3,(H,18,19). The van der Waals surface area contributed by atoms with Gasteiger partial charge >= 0.3 is 0 Å². The molecule has 3 aromatic rings. The number of nitro benzene ring substituents is 1. The highest BCUT2D eigenvalue weighted by Crippen LogP contribution is 2.32. The average molecular weight is 310 g/mol. The summed E-state index contributed by atoms with van der Waals surface area (Å²) < 4.78 is 0. The molecule has 3 rings (SSSR count). The van der Waals surface area contributed by atoms with E-state index >= 15 is 0 Å². The SMILES string of the molecule is CN(C)CCNc1c2ccccc2nc2ccc([N+](=O)[O-])cc12. The molecule has 2 aromatic carbocycles. The predicted octanol–water partition coefficient (Wildman–Crippen LogP) is 3.27. The van der Waals surface area contributed by atoms with Crippen LogP contribution in [-0.4, -0.2) is 42.0 Å². The molecule has 0 aliphatic carbocycles. The first-order valence-electron chi connectivity index (χ1n) is 7.42. The number of anilines is 1. The van der Waals surface area contributed by atoms with Crippen LogP contribution < -0.4 is 5.32 Å². The Morgan fingerprint density at radius 2 is 1.87 bits per heavy atom. The fourth-order valence-electron chi connectivity index (χ4n) is 2.59. The highest BCUT2D eigenvalue weighted by molar-refractivity contribution is 6.07. The second-order valence-electron chi connectivity index (χ2n) is 5.69. The number of likely N-dealkylation sites (N-methyl/N-ethyl adjacent to an activating group) is 1. The Kier molecular flexibility index (Phi) is 4.08. The second-order valence-corrected chi connectivity index (χ2v) is 5.69.